The molecule has 0 radical (unpaired) electrons. The van der Waals surface area contributed by atoms with Gasteiger partial charge in [0.1, 0.15) is 12.4 Å². The second-order valence-electron chi connectivity index (χ2n) is 4.46. The van der Waals surface area contributed by atoms with Crippen molar-refractivity contribution >= 4 is 17.6 Å². The zero-order chi connectivity index (χ0) is 15.4. The summed E-state index contributed by atoms with van der Waals surface area (Å²) in [6, 6.07) is 1.14. The van der Waals surface area contributed by atoms with Gasteiger partial charge in [0.15, 0.2) is 5.82 Å². The van der Waals surface area contributed by atoms with Gasteiger partial charge in [-0.05, 0) is 26.0 Å². The van der Waals surface area contributed by atoms with Crippen molar-refractivity contribution in [1.29, 1.82) is 0 Å². The molecule has 0 aliphatic heterocycles. The molecule has 0 spiro atoms. The van der Waals surface area contributed by atoms with Crippen molar-refractivity contribution in [2.75, 3.05) is 19.4 Å². The quantitative estimate of drug-likeness (QED) is 0.673. The first kappa shape index (κ1) is 15.9. The average molecular weight is 286 g/mol. The van der Waals surface area contributed by atoms with Crippen molar-refractivity contribution in [3.8, 4) is 0 Å². The van der Waals surface area contributed by atoms with E-state index < -0.39 is 40.8 Å². The van der Waals surface area contributed by atoms with Crippen molar-refractivity contribution in [1.82, 2.24) is 4.90 Å². The maximum Gasteiger partial charge on any atom is 0.325 e. The molecule has 0 heterocycles. The Bertz CT molecular complexity index is 533. The number of benzene rings is 1. The van der Waals surface area contributed by atoms with Crippen LogP contribution in [0.1, 0.15) is 24.2 Å². The second-order valence-corrected chi connectivity index (χ2v) is 4.46. The Balaban J connectivity index is 3.16. The number of hydrogen-bond donors (Lipinski definition) is 1. The first-order chi connectivity index (χ1) is 9.27. The smallest absolute Gasteiger partial charge is 0.325 e. The van der Waals surface area contributed by atoms with Gasteiger partial charge in [-0.1, -0.05) is 0 Å². The number of carbonyl (C=O) groups is 2. The maximum absolute atomic E-state index is 13.8. The van der Waals surface area contributed by atoms with E-state index in [-0.39, 0.29) is 6.54 Å². The summed E-state index contributed by atoms with van der Waals surface area (Å²) >= 11 is 0. The summed E-state index contributed by atoms with van der Waals surface area (Å²) in [5, 5.41) is 0. The highest BCUT2D eigenvalue weighted by molar-refractivity contribution is 5.97. The van der Waals surface area contributed by atoms with E-state index in [9.17, 15) is 18.4 Å². The molecule has 0 saturated heterocycles. The molecule has 1 rings (SSSR count). The number of carbonyl (C=O) groups excluding carboxylic acids is 2. The molecule has 1 aromatic rings. The van der Waals surface area contributed by atoms with E-state index in [0.717, 1.165) is 17.0 Å². The molecule has 0 atom stereocenters. The average Bonchev–Trinajstić information content (AvgIpc) is 2.38. The second kappa shape index (κ2) is 6.31. The molecule has 0 aliphatic rings. The van der Waals surface area contributed by atoms with Gasteiger partial charge in [-0.25, -0.2) is 8.78 Å². The Morgan fingerprint density at radius 3 is 2.45 bits per heavy atom. The van der Waals surface area contributed by atoms with Crippen molar-refractivity contribution < 1.29 is 23.1 Å². The number of anilines is 1. The van der Waals surface area contributed by atoms with E-state index in [4.69, 9.17) is 5.73 Å². The molecule has 0 unspecified atom stereocenters. The van der Waals surface area contributed by atoms with E-state index in [1.807, 2.05) is 0 Å². The lowest BCUT2D eigenvalue weighted by molar-refractivity contribution is -0.141. The highest BCUT2D eigenvalue weighted by Gasteiger charge is 2.25. The van der Waals surface area contributed by atoms with Gasteiger partial charge >= 0.3 is 5.97 Å². The van der Waals surface area contributed by atoms with Gasteiger partial charge in [0.25, 0.3) is 5.91 Å². The number of methoxy groups -OCH3 is 1. The van der Waals surface area contributed by atoms with Gasteiger partial charge in [-0.2, -0.15) is 0 Å². The molecule has 0 aromatic heterocycles. The van der Waals surface area contributed by atoms with Crippen LogP contribution >= 0.6 is 0 Å². The lowest BCUT2D eigenvalue weighted by Gasteiger charge is -2.25. The Morgan fingerprint density at radius 1 is 1.35 bits per heavy atom. The first-order valence-electron chi connectivity index (χ1n) is 5.90. The van der Waals surface area contributed by atoms with Crippen molar-refractivity contribution in [3.05, 3.63) is 29.3 Å². The fraction of sp³-hybridized carbons (Fsp3) is 0.385. The molecular formula is C13H16F2N2O3. The van der Waals surface area contributed by atoms with Crippen LogP contribution in [-0.2, 0) is 9.53 Å². The highest BCUT2D eigenvalue weighted by Crippen LogP contribution is 2.20. The minimum Gasteiger partial charge on any atom is -0.468 e. The van der Waals surface area contributed by atoms with Crippen LogP contribution in [0.3, 0.4) is 0 Å². The number of amides is 1. The van der Waals surface area contributed by atoms with Gasteiger partial charge in [0.2, 0.25) is 0 Å². The van der Waals surface area contributed by atoms with Crippen LogP contribution in [0.25, 0.3) is 0 Å². The molecule has 20 heavy (non-hydrogen) atoms. The lowest BCUT2D eigenvalue weighted by atomic mass is 10.1. The molecule has 0 saturated carbocycles. The van der Waals surface area contributed by atoms with Gasteiger partial charge in [0.05, 0.1) is 18.4 Å². The van der Waals surface area contributed by atoms with Crippen LogP contribution in [0.2, 0.25) is 0 Å². The number of nitrogens with zero attached hydrogens (tertiary/aromatic N) is 1. The summed E-state index contributed by atoms with van der Waals surface area (Å²) in [5.74, 6) is -3.31. The Labute approximate surface area is 115 Å². The summed E-state index contributed by atoms with van der Waals surface area (Å²) in [6.45, 7) is 2.92. The third kappa shape index (κ3) is 3.43. The molecule has 2 N–H and O–H groups in total. The third-order valence-corrected chi connectivity index (χ3v) is 2.71. The number of ether oxygens (including phenoxy) is 1. The lowest BCUT2D eigenvalue weighted by Crippen LogP contribution is -2.41. The fourth-order valence-corrected chi connectivity index (χ4v) is 1.61. The normalized spacial score (nSPS) is 10.5. The summed E-state index contributed by atoms with van der Waals surface area (Å²) < 4.78 is 31.5. The van der Waals surface area contributed by atoms with Crippen LogP contribution in [0, 0.1) is 11.6 Å². The van der Waals surface area contributed by atoms with E-state index in [2.05, 4.69) is 4.74 Å². The summed E-state index contributed by atoms with van der Waals surface area (Å²) in [4.78, 5) is 24.6. The zero-order valence-corrected chi connectivity index (χ0v) is 11.4. The molecule has 1 amide bonds. The predicted octanol–water partition coefficient (Wildman–Crippen LogP) is 1.57. The highest BCUT2D eigenvalue weighted by atomic mass is 19.1. The first-order valence-corrected chi connectivity index (χ1v) is 5.90. The van der Waals surface area contributed by atoms with Gasteiger partial charge in [-0.15, -0.1) is 0 Å². The Morgan fingerprint density at radius 2 is 1.95 bits per heavy atom. The molecule has 110 valence electrons. The summed E-state index contributed by atoms with van der Waals surface area (Å²) in [5.41, 5.74) is 4.31. The number of esters is 1. The predicted molar refractivity (Wildman–Crippen MR) is 69.0 cm³/mol. The topological polar surface area (TPSA) is 72.6 Å². The number of rotatable bonds is 4. The van der Waals surface area contributed by atoms with Crippen molar-refractivity contribution in [2.45, 2.75) is 19.9 Å². The Hall–Kier alpha value is -2.18. The minimum absolute atomic E-state index is 0.358. The van der Waals surface area contributed by atoms with Gasteiger partial charge in [-0.3, -0.25) is 9.59 Å². The fourth-order valence-electron chi connectivity index (χ4n) is 1.61. The third-order valence-electron chi connectivity index (χ3n) is 2.71. The van der Waals surface area contributed by atoms with Crippen LogP contribution in [0.5, 0.6) is 0 Å². The molecule has 0 fully saturated rings. The monoisotopic (exact) mass is 286 g/mol. The van der Waals surface area contributed by atoms with Gasteiger partial charge in [0, 0.05) is 6.04 Å². The van der Waals surface area contributed by atoms with Crippen molar-refractivity contribution in [3.63, 3.8) is 0 Å². The number of nitrogens with two attached hydrogens (primary N) is 1. The molecule has 5 nitrogen and oxygen atoms in total. The van der Waals surface area contributed by atoms with Crippen LogP contribution in [0.15, 0.2) is 12.1 Å². The largest absolute Gasteiger partial charge is 0.468 e. The summed E-state index contributed by atoms with van der Waals surface area (Å²) in [7, 11) is 1.17. The van der Waals surface area contributed by atoms with Gasteiger partial charge < -0.3 is 15.4 Å². The van der Waals surface area contributed by atoms with E-state index in [1.165, 1.54) is 7.11 Å². The van der Waals surface area contributed by atoms with Crippen LogP contribution < -0.4 is 5.73 Å². The van der Waals surface area contributed by atoms with E-state index in [1.54, 1.807) is 13.8 Å². The van der Waals surface area contributed by atoms with Crippen molar-refractivity contribution in [2.24, 2.45) is 0 Å². The summed E-state index contributed by atoms with van der Waals surface area (Å²) in [6.07, 6.45) is 0. The molecule has 7 heteroatoms. The van der Waals surface area contributed by atoms with E-state index >= 15 is 0 Å². The number of halogens is 2. The zero-order valence-electron chi connectivity index (χ0n) is 11.4. The Kier molecular flexibility index (Phi) is 5.01. The molecule has 0 bridgehead atoms. The number of hydrogen-bond acceptors (Lipinski definition) is 4. The van der Waals surface area contributed by atoms with Crippen LogP contribution in [-0.4, -0.2) is 36.5 Å². The van der Waals surface area contributed by atoms with Crippen LogP contribution in [0.4, 0.5) is 14.5 Å². The minimum atomic E-state index is -1.01. The molecule has 0 aliphatic carbocycles. The molecule has 1 aromatic carbocycles. The number of nitrogen functional groups attached to an aromatic ring is 1. The standard InChI is InChI=1S/C13H16F2N2O3/c1-7(2)17(6-11(18)20-3)13(19)9-4-8(14)5-10(16)12(9)15/h4-5,7H,6,16H2,1-3H3. The molecular weight excluding hydrogens is 270 g/mol. The maximum atomic E-state index is 13.8. The SMILES string of the molecule is COC(=O)CN(C(=O)c1cc(F)cc(N)c1F)C(C)C. The van der Waals surface area contributed by atoms with E-state index in [0.29, 0.717) is 0 Å².